The van der Waals surface area contributed by atoms with Crippen molar-refractivity contribution < 1.29 is 9.53 Å². The van der Waals surface area contributed by atoms with Gasteiger partial charge in [0.25, 0.3) is 0 Å². The van der Waals surface area contributed by atoms with Gasteiger partial charge < -0.3 is 4.74 Å². The van der Waals surface area contributed by atoms with Crippen LogP contribution in [-0.4, -0.2) is 12.1 Å². The highest BCUT2D eigenvalue weighted by Crippen LogP contribution is 2.20. The lowest BCUT2D eigenvalue weighted by molar-refractivity contribution is -0.146. The van der Waals surface area contributed by atoms with E-state index in [9.17, 15) is 4.79 Å². The molecule has 18 heavy (non-hydrogen) atoms. The van der Waals surface area contributed by atoms with Crippen molar-refractivity contribution in [2.45, 2.75) is 90.1 Å². The van der Waals surface area contributed by atoms with Gasteiger partial charge in [0.15, 0.2) is 0 Å². The van der Waals surface area contributed by atoms with Crippen molar-refractivity contribution in [3.63, 3.8) is 0 Å². The lowest BCUT2D eigenvalue weighted by atomic mass is 9.98. The number of hydrogen-bond acceptors (Lipinski definition) is 2. The molecule has 0 saturated heterocycles. The Kier molecular flexibility index (Phi) is 8.97. The minimum Gasteiger partial charge on any atom is -0.462 e. The Hall–Kier alpha value is -0.530. The second-order valence-electron chi connectivity index (χ2n) is 5.46. The molecule has 0 amide bonds. The molecule has 1 fully saturated rings. The van der Waals surface area contributed by atoms with E-state index in [1.807, 2.05) is 0 Å². The van der Waals surface area contributed by atoms with Crippen molar-refractivity contribution in [3.05, 3.63) is 6.42 Å². The summed E-state index contributed by atoms with van der Waals surface area (Å²) >= 11 is 0. The van der Waals surface area contributed by atoms with Crippen molar-refractivity contribution in [1.82, 2.24) is 0 Å². The molecule has 105 valence electrons. The van der Waals surface area contributed by atoms with Crippen LogP contribution in [0.25, 0.3) is 0 Å². The zero-order valence-corrected chi connectivity index (χ0v) is 12.0. The normalized spacial score (nSPS) is 16.7. The zero-order chi connectivity index (χ0) is 13.1. The molecule has 0 unspecified atom stereocenters. The molecule has 0 aromatic heterocycles. The molecule has 1 rings (SSSR count). The molecule has 0 atom stereocenters. The molecule has 1 saturated carbocycles. The molecular weight excluding hydrogens is 224 g/mol. The van der Waals surface area contributed by atoms with Gasteiger partial charge in [-0.05, 0) is 32.1 Å². The number of carbonyl (C=O) groups excluding carboxylic acids is 1. The fraction of sp³-hybridized carbons (Fsp3) is 0.875. The molecule has 2 nitrogen and oxygen atoms in total. The SMILES string of the molecule is CCCCCCCC[CH]C(=O)OC1CCCCC1. The molecule has 1 aliphatic rings. The molecule has 2 heteroatoms. The molecule has 0 heterocycles. The van der Waals surface area contributed by atoms with Crippen LogP contribution in [0.2, 0.25) is 0 Å². The van der Waals surface area contributed by atoms with Gasteiger partial charge in [-0.1, -0.05) is 51.9 Å². The van der Waals surface area contributed by atoms with Gasteiger partial charge in [-0.25, -0.2) is 0 Å². The maximum atomic E-state index is 11.6. The Morgan fingerprint density at radius 3 is 2.44 bits per heavy atom. The summed E-state index contributed by atoms with van der Waals surface area (Å²) in [6.45, 7) is 2.23. The van der Waals surface area contributed by atoms with E-state index >= 15 is 0 Å². The van der Waals surface area contributed by atoms with Crippen LogP contribution < -0.4 is 0 Å². The molecule has 0 aromatic carbocycles. The third-order valence-electron chi connectivity index (χ3n) is 3.70. The van der Waals surface area contributed by atoms with Gasteiger partial charge in [0, 0.05) is 0 Å². The van der Waals surface area contributed by atoms with E-state index in [-0.39, 0.29) is 12.1 Å². The minimum atomic E-state index is -0.0875. The maximum Gasteiger partial charge on any atom is 0.310 e. The summed E-state index contributed by atoms with van der Waals surface area (Å²) in [6, 6.07) is 0. The highest BCUT2D eigenvalue weighted by Gasteiger charge is 2.17. The van der Waals surface area contributed by atoms with Crippen LogP contribution >= 0.6 is 0 Å². The number of carbonyl (C=O) groups is 1. The summed E-state index contributed by atoms with van der Waals surface area (Å²) in [6.07, 6.45) is 16.3. The molecule has 0 bridgehead atoms. The summed E-state index contributed by atoms with van der Waals surface area (Å²) in [5.41, 5.74) is 0. The van der Waals surface area contributed by atoms with E-state index < -0.39 is 0 Å². The second kappa shape index (κ2) is 10.4. The first-order valence-electron chi connectivity index (χ1n) is 7.86. The Labute approximate surface area is 112 Å². The first kappa shape index (κ1) is 15.5. The third-order valence-corrected chi connectivity index (χ3v) is 3.70. The van der Waals surface area contributed by atoms with Crippen LogP contribution in [-0.2, 0) is 9.53 Å². The summed E-state index contributed by atoms with van der Waals surface area (Å²) in [5.74, 6) is -0.0875. The van der Waals surface area contributed by atoms with Gasteiger partial charge in [0.1, 0.15) is 6.10 Å². The standard InChI is InChI=1S/C16H29O2/c1-2-3-4-5-6-7-11-14-16(17)18-15-12-9-8-10-13-15/h14-15H,2-13H2,1H3. The molecule has 1 radical (unpaired) electrons. The van der Waals surface area contributed by atoms with Crippen LogP contribution in [0.15, 0.2) is 0 Å². The first-order valence-corrected chi connectivity index (χ1v) is 7.86. The monoisotopic (exact) mass is 253 g/mol. The van der Waals surface area contributed by atoms with E-state index in [0.29, 0.717) is 0 Å². The average molecular weight is 253 g/mol. The van der Waals surface area contributed by atoms with Crippen molar-refractivity contribution in [3.8, 4) is 0 Å². The second-order valence-corrected chi connectivity index (χ2v) is 5.46. The predicted octanol–water partition coefficient (Wildman–Crippen LogP) is 4.82. The summed E-state index contributed by atoms with van der Waals surface area (Å²) in [4.78, 5) is 11.6. The van der Waals surface area contributed by atoms with Crippen molar-refractivity contribution in [2.24, 2.45) is 0 Å². The Bertz CT molecular complexity index is 207. The fourth-order valence-electron chi connectivity index (χ4n) is 2.54. The summed E-state index contributed by atoms with van der Waals surface area (Å²) < 4.78 is 5.44. The Balaban J connectivity index is 1.90. The van der Waals surface area contributed by atoms with Crippen LogP contribution in [0.4, 0.5) is 0 Å². The van der Waals surface area contributed by atoms with E-state index in [4.69, 9.17) is 4.74 Å². The number of esters is 1. The lowest BCUT2D eigenvalue weighted by Gasteiger charge is -2.21. The van der Waals surface area contributed by atoms with Gasteiger partial charge in [-0.2, -0.15) is 0 Å². The minimum absolute atomic E-state index is 0.0875. The number of rotatable bonds is 9. The maximum absolute atomic E-state index is 11.6. The van der Waals surface area contributed by atoms with Crippen LogP contribution in [0, 0.1) is 6.42 Å². The van der Waals surface area contributed by atoms with Crippen LogP contribution in [0.5, 0.6) is 0 Å². The van der Waals surface area contributed by atoms with Crippen molar-refractivity contribution in [2.75, 3.05) is 0 Å². The first-order chi connectivity index (χ1) is 8.83. The highest BCUT2D eigenvalue weighted by molar-refractivity contribution is 5.78. The smallest absolute Gasteiger partial charge is 0.310 e. The number of hydrogen-bond donors (Lipinski definition) is 0. The summed E-state index contributed by atoms with van der Waals surface area (Å²) in [5, 5.41) is 0. The number of unbranched alkanes of at least 4 members (excludes halogenated alkanes) is 6. The van der Waals surface area contributed by atoms with E-state index in [1.54, 1.807) is 6.42 Å². The van der Waals surface area contributed by atoms with Crippen LogP contribution in [0.3, 0.4) is 0 Å². The number of ether oxygens (including phenoxy) is 1. The quantitative estimate of drug-likeness (QED) is 0.435. The van der Waals surface area contributed by atoms with Crippen molar-refractivity contribution >= 4 is 5.97 Å². The fourth-order valence-corrected chi connectivity index (χ4v) is 2.54. The molecule has 1 aliphatic carbocycles. The Morgan fingerprint density at radius 1 is 1.06 bits per heavy atom. The lowest BCUT2D eigenvalue weighted by Crippen LogP contribution is -2.20. The van der Waals surface area contributed by atoms with E-state index in [0.717, 1.165) is 25.7 Å². The molecule has 0 aromatic rings. The van der Waals surface area contributed by atoms with Gasteiger partial charge in [-0.3, -0.25) is 4.79 Å². The third kappa shape index (κ3) is 7.73. The Morgan fingerprint density at radius 2 is 1.72 bits per heavy atom. The molecular formula is C16H29O2. The topological polar surface area (TPSA) is 26.3 Å². The largest absolute Gasteiger partial charge is 0.462 e. The van der Waals surface area contributed by atoms with Gasteiger partial charge >= 0.3 is 5.97 Å². The zero-order valence-electron chi connectivity index (χ0n) is 12.0. The van der Waals surface area contributed by atoms with Gasteiger partial charge in [-0.15, -0.1) is 0 Å². The van der Waals surface area contributed by atoms with Gasteiger partial charge in [0.05, 0.1) is 6.42 Å². The summed E-state index contributed by atoms with van der Waals surface area (Å²) in [7, 11) is 0. The van der Waals surface area contributed by atoms with E-state index in [2.05, 4.69) is 6.92 Å². The average Bonchev–Trinajstić information content (AvgIpc) is 2.39. The molecule has 0 spiro atoms. The highest BCUT2D eigenvalue weighted by atomic mass is 16.5. The van der Waals surface area contributed by atoms with Gasteiger partial charge in [0.2, 0.25) is 0 Å². The molecule has 0 aliphatic heterocycles. The molecule has 0 N–H and O–H groups in total. The predicted molar refractivity (Wildman–Crippen MR) is 75.3 cm³/mol. The van der Waals surface area contributed by atoms with Crippen LogP contribution in [0.1, 0.15) is 84.0 Å². The van der Waals surface area contributed by atoms with E-state index in [1.165, 1.54) is 51.4 Å². The van der Waals surface area contributed by atoms with Crippen molar-refractivity contribution in [1.29, 1.82) is 0 Å².